The summed E-state index contributed by atoms with van der Waals surface area (Å²) in [4.78, 5) is 23.8. The fourth-order valence-electron chi connectivity index (χ4n) is 3.80. The number of hydrogen-bond acceptors (Lipinski definition) is 10. The zero-order valence-corrected chi connectivity index (χ0v) is 25.5. The summed E-state index contributed by atoms with van der Waals surface area (Å²) in [6, 6.07) is 0. The van der Waals surface area contributed by atoms with Gasteiger partial charge in [-0.25, -0.2) is 0 Å². The average molecular weight is 606 g/mol. The average Bonchev–Trinajstić information content (AvgIpc) is 2.91. The van der Waals surface area contributed by atoms with Crippen molar-refractivity contribution in [3.8, 4) is 0 Å². The van der Waals surface area contributed by atoms with Gasteiger partial charge in [0.2, 0.25) is 0 Å². The van der Waals surface area contributed by atoms with Crippen molar-refractivity contribution < 1.29 is 48.1 Å². The van der Waals surface area contributed by atoms with E-state index >= 15 is 0 Å². The van der Waals surface area contributed by atoms with Gasteiger partial charge < -0.3 is 42.7 Å². The molecule has 40 heavy (non-hydrogen) atoms. The van der Waals surface area contributed by atoms with Crippen LogP contribution in [0.2, 0.25) is 0 Å². The van der Waals surface area contributed by atoms with E-state index in [4.69, 9.17) is 32.5 Å². The molecule has 244 valence electrons. The summed E-state index contributed by atoms with van der Waals surface area (Å²) in [6.07, 6.45) is 10.2. The van der Waals surface area contributed by atoms with Gasteiger partial charge in [-0.1, -0.05) is 90.9 Å². The van der Waals surface area contributed by atoms with Crippen molar-refractivity contribution in [1.82, 2.24) is 0 Å². The third-order valence-electron chi connectivity index (χ3n) is 5.79. The molecule has 0 aromatic carbocycles. The number of aliphatic hydroxyl groups excluding tert-OH is 3. The molecular formula is C26H59N3O10S. The summed E-state index contributed by atoms with van der Waals surface area (Å²) in [5, 5.41) is 40.2. The summed E-state index contributed by atoms with van der Waals surface area (Å²) in [5.74, 6) is -3.26. The zero-order valence-electron chi connectivity index (χ0n) is 24.7. The Morgan fingerprint density at radius 2 is 0.925 bits per heavy atom. The van der Waals surface area contributed by atoms with Crippen molar-refractivity contribution in [1.29, 1.82) is 0 Å². The van der Waals surface area contributed by atoms with Crippen molar-refractivity contribution in [3.05, 3.63) is 0 Å². The molecule has 0 aliphatic carbocycles. The maximum absolute atomic E-state index is 12.1. The number of unbranched alkanes of at least 4 members (excludes halogenated alkanes) is 10. The Kier molecular flexibility index (Phi) is 36.6. The Hall–Kier alpha value is -1.39. The normalized spacial score (nSPS) is 11.6. The second-order valence-corrected chi connectivity index (χ2v) is 10.8. The standard InChI is InChI=1S/C20H38O7S.3C2H7NO/c1-3-5-7-9-11-13-15-20(19(23)24,16-14-12-10-8-6-4-2)17(18(21)22)28(25,26)27;3*3-1-2-4/h17H,3-16H2,1-2H3,(H,21,22)(H,23,24)(H,25,26,27);3*4H,1-3H2. The van der Waals surface area contributed by atoms with Gasteiger partial charge in [-0.15, -0.1) is 0 Å². The van der Waals surface area contributed by atoms with Gasteiger partial charge in [0.15, 0.2) is 5.25 Å². The van der Waals surface area contributed by atoms with Crippen LogP contribution in [-0.4, -0.2) is 95.1 Å². The number of carboxylic acids is 2. The van der Waals surface area contributed by atoms with Gasteiger partial charge in [0.1, 0.15) is 0 Å². The first-order valence-corrected chi connectivity index (χ1v) is 15.7. The van der Waals surface area contributed by atoms with E-state index in [0.29, 0.717) is 45.3 Å². The summed E-state index contributed by atoms with van der Waals surface area (Å²) >= 11 is 0. The van der Waals surface area contributed by atoms with Gasteiger partial charge in [0.25, 0.3) is 10.1 Å². The topological polar surface area (TPSA) is 268 Å². The first-order valence-electron chi connectivity index (χ1n) is 14.2. The summed E-state index contributed by atoms with van der Waals surface area (Å²) in [7, 11) is -5.05. The van der Waals surface area contributed by atoms with Crippen LogP contribution < -0.4 is 17.2 Å². The van der Waals surface area contributed by atoms with E-state index < -0.39 is 32.7 Å². The molecule has 0 amide bonds. The van der Waals surface area contributed by atoms with Crippen molar-refractivity contribution >= 4 is 22.1 Å². The third-order valence-corrected chi connectivity index (χ3v) is 7.04. The Morgan fingerprint density at radius 1 is 0.650 bits per heavy atom. The molecule has 0 fully saturated rings. The SMILES string of the molecule is CCCCCCCCC(CCCCCCCC)(C(=O)O)C(C(=O)O)S(=O)(=O)O.NCCO.NCCO.NCCO. The molecule has 0 saturated carbocycles. The van der Waals surface area contributed by atoms with Gasteiger partial charge in [-0.3, -0.25) is 14.1 Å². The van der Waals surface area contributed by atoms with Crippen LogP contribution in [0.3, 0.4) is 0 Å². The minimum Gasteiger partial charge on any atom is -0.481 e. The Morgan fingerprint density at radius 3 is 1.12 bits per heavy atom. The van der Waals surface area contributed by atoms with Crippen molar-refractivity contribution in [2.24, 2.45) is 22.6 Å². The fourth-order valence-corrected chi connectivity index (χ4v) is 4.97. The number of rotatable bonds is 21. The molecule has 0 rings (SSSR count). The number of carbonyl (C=O) groups is 2. The van der Waals surface area contributed by atoms with E-state index in [0.717, 1.165) is 51.4 Å². The molecule has 1 unspecified atom stereocenters. The van der Waals surface area contributed by atoms with Crippen LogP contribution in [0.25, 0.3) is 0 Å². The first kappa shape index (κ1) is 45.6. The zero-order chi connectivity index (χ0) is 31.9. The highest BCUT2D eigenvalue weighted by atomic mass is 32.2. The number of aliphatic hydroxyl groups is 3. The summed E-state index contributed by atoms with van der Waals surface area (Å²) in [5.41, 5.74) is 12.3. The maximum Gasteiger partial charge on any atom is 0.325 e. The molecule has 0 heterocycles. The molecule has 0 bridgehead atoms. The van der Waals surface area contributed by atoms with Crippen LogP contribution in [0.5, 0.6) is 0 Å². The highest BCUT2D eigenvalue weighted by Gasteiger charge is 2.55. The van der Waals surface area contributed by atoms with Gasteiger partial charge in [-0.05, 0) is 12.8 Å². The van der Waals surface area contributed by atoms with Crippen LogP contribution >= 0.6 is 0 Å². The highest BCUT2D eigenvalue weighted by Crippen LogP contribution is 2.39. The smallest absolute Gasteiger partial charge is 0.325 e. The Balaban J connectivity index is -0.000000450. The largest absolute Gasteiger partial charge is 0.481 e. The second kappa shape index (κ2) is 32.1. The number of hydrogen-bond donors (Lipinski definition) is 9. The molecule has 0 aromatic heterocycles. The molecule has 0 aromatic rings. The predicted octanol–water partition coefficient (Wildman–Crippen LogP) is 1.71. The number of aliphatic carboxylic acids is 2. The minimum atomic E-state index is -5.05. The lowest BCUT2D eigenvalue weighted by atomic mass is 9.74. The maximum atomic E-state index is 12.1. The second-order valence-electron chi connectivity index (χ2n) is 9.27. The lowest BCUT2D eigenvalue weighted by Gasteiger charge is -2.33. The molecule has 13 nitrogen and oxygen atoms in total. The summed E-state index contributed by atoms with van der Waals surface area (Å²) in [6.45, 7) is 5.58. The molecule has 0 radical (unpaired) electrons. The number of nitrogens with two attached hydrogens (primary N) is 3. The third kappa shape index (κ3) is 26.8. The van der Waals surface area contributed by atoms with Crippen LogP contribution in [-0.2, 0) is 19.7 Å². The Labute approximate surface area is 241 Å². The molecule has 0 spiro atoms. The van der Waals surface area contributed by atoms with Crippen molar-refractivity contribution in [2.75, 3.05) is 39.5 Å². The van der Waals surface area contributed by atoms with Crippen LogP contribution in [0.4, 0.5) is 0 Å². The van der Waals surface area contributed by atoms with Gasteiger partial charge >= 0.3 is 11.9 Å². The van der Waals surface area contributed by atoms with E-state index in [2.05, 4.69) is 13.8 Å². The van der Waals surface area contributed by atoms with E-state index in [1.54, 1.807) is 0 Å². The lowest BCUT2D eigenvalue weighted by molar-refractivity contribution is -0.156. The first-order chi connectivity index (χ1) is 18.9. The molecule has 12 N–H and O–H groups in total. The van der Waals surface area contributed by atoms with Crippen molar-refractivity contribution in [3.63, 3.8) is 0 Å². The molecule has 14 heteroatoms. The van der Waals surface area contributed by atoms with Crippen molar-refractivity contribution in [2.45, 2.75) is 109 Å². The summed E-state index contributed by atoms with van der Waals surface area (Å²) < 4.78 is 33.1. The monoisotopic (exact) mass is 605 g/mol. The van der Waals surface area contributed by atoms with Crippen LogP contribution in [0.15, 0.2) is 0 Å². The molecular weight excluding hydrogens is 546 g/mol. The molecule has 0 aliphatic heterocycles. The fraction of sp³-hybridized carbons (Fsp3) is 0.923. The predicted molar refractivity (Wildman–Crippen MR) is 157 cm³/mol. The Bertz CT molecular complexity index is 636. The minimum absolute atomic E-state index is 0.0693. The lowest BCUT2D eigenvalue weighted by Crippen LogP contribution is -2.51. The highest BCUT2D eigenvalue weighted by molar-refractivity contribution is 7.87. The molecule has 0 saturated heterocycles. The molecule has 0 aliphatic rings. The van der Waals surface area contributed by atoms with E-state index in [1.807, 2.05) is 0 Å². The van der Waals surface area contributed by atoms with E-state index in [9.17, 15) is 32.8 Å². The van der Waals surface area contributed by atoms with E-state index in [-0.39, 0.29) is 32.7 Å². The quantitative estimate of drug-likeness (QED) is 0.0666. The van der Waals surface area contributed by atoms with Gasteiger partial charge in [0.05, 0.1) is 25.2 Å². The number of carboxylic acid groups (broad SMARTS) is 2. The van der Waals surface area contributed by atoms with E-state index in [1.165, 1.54) is 0 Å². The van der Waals surface area contributed by atoms with Crippen LogP contribution in [0.1, 0.15) is 104 Å². The molecule has 1 atom stereocenters. The van der Waals surface area contributed by atoms with Gasteiger partial charge in [0, 0.05) is 19.6 Å². The van der Waals surface area contributed by atoms with Crippen LogP contribution in [0, 0.1) is 5.41 Å². The van der Waals surface area contributed by atoms with Gasteiger partial charge in [-0.2, -0.15) is 8.42 Å².